The van der Waals surface area contributed by atoms with Crippen molar-refractivity contribution in [2.75, 3.05) is 10.6 Å². The van der Waals surface area contributed by atoms with Crippen LogP contribution in [0.25, 0.3) is 0 Å². The fourth-order valence-corrected chi connectivity index (χ4v) is 3.03. The fraction of sp³-hybridized carbons (Fsp3) is 0.412. The molecule has 0 atom stereocenters. The molecular formula is C17H21ClN4. The van der Waals surface area contributed by atoms with Gasteiger partial charge in [-0.1, -0.05) is 36.9 Å². The third-order valence-corrected chi connectivity index (χ3v) is 4.12. The summed E-state index contributed by atoms with van der Waals surface area (Å²) in [5.41, 5.74) is 1.87. The van der Waals surface area contributed by atoms with Crippen LogP contribution in [0.1, 0.15) is 37.8 Å². The predicted octanol–water partition coefficient (Wildman–Crippen LogP) is 4.93. The first-order chi connectivity index (χ1) is 10.7. The molecule has 0 saturated heterocycles. The molecule has 3 rings (SSSR count). The van der Waals surface area contributed by atoms with Gasteiger partial charge in [-0.15, -0.1) is 0 Å². The van der Waals surface area contributed by atoms with Crippen LogP contribution in [0.4, 0.5) is 17.5 Å². The molecule has 1 heterocycles. The Bertz CT molecular complexity index is 638. The second kappa shape index (κ2) is 6.97. The van der Waals surface area contributed by atoms with Crippen LogP contribution in [0, 0.1) is 6.92 Å². The van der Waals surface area contributed by atoms with Crippen molar-refractivity contribution in [3.63, 3.8) is 0 Å². The minimum atomic E-state index is 0.495. The minimum Gasteiger partial charge on any atom is -0.351 e. The van der Waals surface area contributed by atoms with Crippen molar-refractivity contribution in [3.8, 4) is 0 Å². The SMILES string of the molecule is Cc1cc(Nc2cccc(Cl)c2)nc(NC2CCCCC2)n1. The Balaban J connectivity index is 1.74. The lowest BCUT2D eigenvalue weighted by Gasteiger charge is -2.23. The molecule has 1 aromatic carbocycles. The molecule has 1 aromatic heterocycles. The molecule has 0 spiro atoms. The van der Waals surface area contributed by atoms with E-state index in [9.17, 15) is 0 Å². The molecule has 0 unspecified atom stereocenters. The third-order valence-electron chi connectivity index (χ3n) is 3.89. The molecule has 1 aliphatic rings. The maximum atomic E-state index is 6.02. The summed E-state index contributed by atoms with van der Waals surface area (Å²) in [4.78, 5) is 9.08. The molecular weight excluding hydrogens is 296 g/mol. The standard InChI is InChI=1S/C17H21ClN4/c1-12-10-16(20-15-9-5-6-13(18)11-15)22-17(19-12)21-14-7-3-2-4-8-14/h5-6,9-11,14H,2-4,7-8H2,1H3,(H2,19,20,21,22). The van der Waals surface area contributed by atoms with Gasteiger partial charge in [-0.25, -0.2) is 4.98 Å². The van der Waals surface area contributed by atoms with Gasteiger partial charge in [-0.3, -0.25) is 0 Å². The summed E-state index contributed by atoms with van der Waals surface area (Å²) in [6.07, 6.45) is 6.32. The summed E-state index contributed by atoms with van der Waals surface area (Å²) in [6, 6.07) is 10.1. The average molecular weight is 317 g/mol. The van der Waals surface area contributed by atoms with Crippen LogP contribution in [-0.2, 0) is 0 Å². The van der Waals surface area contributed by atoms with Crippen molar-refractivity contribution < 1.29 is 0 Å². The number of benzene rings is 1. The summed E-state index contributed by atoms with van der Waals surface area (Å²) in [6.45, 7) is 1.98. The molecule has 22 heavy (non-hydrogen) atoms. The van der Waals surface area contributed by atoms with Crippen LogP contribution >= 0.6 is 11.6 Å². The molecule has 2 aromatic rings. The molecule has 0 bridgehead atoms. The van der Waals surface area contributed by atoms with Gasteiger partial charge in [-0.05, 0) is 38.0 Å². The lowest BCUT2D eigenvalue weighted by atomic mass is 9.96. The zero-order valence-corrected chi connectivity index (χ0v) is 13.5. The van der Waals surface area contributed by atoms with Crippen LogP contribution in [-0.4, -0.2) is 16.0 Å². The van der Waals surface area contributed by atoms with E-state index in [1.807, 2.05) is 37.3 Å². The van der Waals surface area contributed by atoms with Crippen LogP contribution in [0.2, 0.25) is 5.02 Å². The predicted molar refractivity (Wildman–Crippen MR) is 92.0 cm³/mol. The molecule has 0 amide bonds. The first kappa shape index (κ1) is 15.1. The molecule has 4 nitrogen and oxygen atoms in total. The van der Waals surface area contributed by atoms with Gasteiger partial charge in [0.1, 0.15) is 5.82 Å². The molecule has 1 saturated carbocycles. The highest BCUT2D eigenvalue weighted by molar-refractivity contribution is 6.30. The zero-order chi connectivity index (χ0) is 15.4. The number of aryl methyl sites for hydroxylation is 1. The Morgan fingerprint density at radius 3 is 2.68 bits per heavy atom. The van der Waals surface area contributed by atoms with Crippen molar-refractivity contribution in [2.24, 2.45) is 0 Å². The Labute approximate surface area is 136 Å². The van der Waals surface area contributed by atoms with E-state index in [-0.39, 0.29) is 0 Å². The van der Waals surface area contributed by atoms with Crippen molar-refractivity contribution in [1.29, 1.82) is 0 Å². The van der Waals surface area contributed by atoms with Crippen molar-refractivity contribution >= 4 is 29.1 Å². The van der Waals surface area contributed by atoms with Gasteiger partial charge in [0, 0.05) is 28.5 Å². The summed E-state index contributed by atoms with van der Waals surface area (Å²) >= 11 is 6.02. The van der Waals surface area contributed by atoms with Crippen molar-refractivity contribution in [1.82, 2.24) is 9.97 Å². The number of rotatable bonds is 4. The van der Waals surface area contributed by atoms with E-state index in [4.69, 9.17) is 11.6 Å². The van der Waals surface area contributed by atoms with E-state index in [2.05, 4.69) is 20.6 Å². The van der Waals surface area contributed by atoms with Gasteiger partial charge in [-0.2, -0.15) is 4.98 Å². The quantitative estimate of drug-likeness (QED) is 0.840. The summed E-state index contributed by atoms with van der Waals surface area (Å²) < 4.78 is 0. The molecule has 1 fully saturated rings. The normalized spacial score (nSPS) is 15.5. The smallest absolute Gasteiger partial charge is 0.225 e. The summed E-state index contributed by atoms with van der Waals surface area (Å²) in [5, 5.41) is 7.46. The Morgan fingerprint density at radius 2 is 1.91 bits per heavy atom. The molecule has 1 aliphatic carbocycles. The van der Waals surface area contributed by atoms with Crippen molar-refractivity contribution in [3.05, 3.63) is 41.0 Å². The van der Waals surface area contributed by atoms with Crippen LogP contribution < -0.4 is 10.6 Å². The van der Waals surface area contributed by atoms with Gasteiger partial charge in [0.25, 0.3) is 0 Å². The highest BCUT2D eigenvalue weighted by Crippen LogP contribution is 2.23. The Kier molecular flexibility index (Phi) is 4.78. The first-order valence-corrected chi connectivity index (χ1v) is 8.22. The topological polar surface area (TPSA) is 49.8 Å². The lowest BCUT2D eigenvalue weighted by Crippen LogP contribution is -2.23. The number of aromatic nitrogens is 2. The Morgan fingerprint density at radius 1 is 1.09 bits per heavy atom. The van der Waals surface area contributed by atoms with E-state index >= 15 is 0 Å². The number of halogens is 1. The molecule has 116 valence electrons. The van der Waals surface area contributed by atoms with Crippen LogP contribution in [0.15, 0.2) is 30.3 Å². The van der Waals surface area contributed by atoms with Crippen LogP contribution in [0.5, 0.6) is 0 Å². The largest absolute Gasteiger partial charge is 0.351 e. The first-order valence-electron chi connectivity index (χ1n) is 7.84. The number of nitrogens with zero attached hydrogens (tertiary/aromatic N) is 2. The highest BCUT2D eigenvalue weighted by atomic mass is 35.5. The molecule has 5 heteroatoms. The summed E-state index contributed by atoms with van der Waals surface area (Å²) in [5.74, 6) is 1.49. The number of hydrogen-bond acceptors (Lipinski definition) is 4. The lowest BCUT2D eigenvalue weighted by molar-refractivity contribution is 0.461. The van der Waals surface area contributed by atoms with E-state index in [0.29, 0.717) is 17.0 Å². The third kappa shape index (κ3) is 4.10. The maximum absolute atomic E-state index is 6.02. The number of nitrogens with one attached hydrogen (secondary N) is 2. The second-order valence-corrected chi connectivity index (χ2v) is 6.27. The van der Waals surface area contributed by atoms with E-state index in [1.54, 1.807) is 0 Å². The monoisotopic (exact) mass is 316 g/mol. The number of anilines is 3. The van der Waals surface area contributed by atoms with Gasteiger partial charge >= 0.3 is 0 Å². The average Bonchev–Trinajstić information content (AvgIpc) is 2.47. The van der Waals surface area contributed by atoms with Gasteiger partial charge < -0.3 is 10.6 Å². The molecule has 0 radical (unpaired) electrons. The minimum absolute atomic E-state index is 0.495. The zero-order valence-electron chi connectivity index (χ0n) is 12.8. The van der Waals surface area contributed by atoms with Gasteiger partial charge in [0.2, 0.25) is 5.95 Å². The fourth-order valence-electron chi connectivity index (χ4n) is 2.84. The van der Waals surface area contributed by atoms with Crippen molar-refractivity contribution in [2.45, 2.75) is 45.1 Å². The van der Waals surface area contributed by atoms with E-state index in [0.717, 1.165) is 17.2 Å². The van der Waals surface area contributed by atoms with E-state index < -0.39 is 0 Å². The summed E-state index contributed by atoms with van der Waals surface area (Å²) in [7, 11) is 0. The maximum Gasteiger partial charge on any atom is 0.225 e. The van der Waals surface area contributed by atoms with Gasteiger partial charge in [0.05, 0.1) is 0 Å². The molecule has 0 aliphatic heterocycles. The second-order valence-electron chi connectivity index (χ2n) is 5.83. The van der Waals surface area contributed by atoms with Crippen LogP contribution in [0.3, 0.4) is 0 Å². The Hall–Kier alpha value is -1.81. The molecule has 2 N–H and O–H groups in total. The van der Waals surface area contributed by atoms with E-state index in [1.165, 1.54) is 32.1 Å². The van der Waals surface area contributed by atoms with Gasteiger partial charge in [0.15, 0.2) is 0 Å². The highest BCUT2D eigenvalue weighted by Gasteiger charge is 2.14. The number of hydrogen-bond donors (Lipinski definition) is 2.